The van der Waals surface area contributed by atoms with Gasteiger partial charge in [0.25, 0.3) is 17.7 Å². The summed E-state index contributed by atoms with van der Waals surface area (Å²) in [4.78, 5) is 76.2. The van der Waals surface area contributed by atoms with E-state index in [9.17, 15) is 28.4 Å². The molecule has 0 spiro atoms. The van der Waals surface area contributed by atoms with E-state index >= 15 is 0 Å². The second kappa shape index (κ2) is 19.6. The van der Waals surface area contributed by atoms with Gasteiger partial charge in [0.1, 0.15) is 23.7 Å². The van der Waals surface area contributed by atoms with Crippen LogP contribution in [0.1, 0.15) is 42.6 Å². The minimum absolute atomic E-state index is 0.0542. The van der Waals surface area contributed by atoms with E-state index in [4.69, 9.17) is 31.8 Å². The molecular weight excluding hydrogens is 831 g/mol. The smallest absolute Gasteiger partial charge is 0.328 e. The van der Waals surface area contributed by atoms with Crippen LogP contribution in [-0.2, 0) is 23.9 Å². The maximum Gasteiger partial charge on any atom is 0.328 e. The maximum atomic E-state index is 13.8. The summed E-state index contributed by atoms with van der Waals surface area (Å²) in [6.07, 6.45) is 7.68. The van der Waals surface area contributed by atoms with Gasteiger partial charge in [0, 0.05) is 86.9 Å². The Morgan fingerprint density at radius 3 is 2.54 bits per heavy atom. The number of nitrogens with two attached hydrogens (primary N) is 1. The number of methoxy groups -OCH3 is 1. The topological polar surface area (TPSA) is 173 Å². The van der Waals surface area contributed by atoms with E-state index in [1.807, 2.05) is 36.4 Å². The van der Waals surface area contributed by atoms with Crippen molar-refractivity contribution in [3.05, 3.63) is 118 Å². The third-order valence-electron chi connectivity index (χ3n) is 11.4. The van der Waals surface area contributed by atoms with Crippen molar-refractivity contribution in [1.82, 2.24) is 29.4 Å². The number of imide groups is 1. The van der Waals surface area contributed by atoms with Crippen LogP contribution in [0.4, 0.5) is 10.1 Å². The van der Waals surface area contributed by atoms with Gasteiger partial charge in [-0.2, -0.15) is 5.10 Å². The quantitative estimate of drug-likeness (QED) is 0.0790. The minimum atomic E-state index is -0.901. The fourth-order valence-corrected chi connectivity index (χ4v) is 8.25. The first kappa shape index (κ1) is 44.4. The number of halogens is 2. The summed E-state index contributed by atoms with van der Waals surface area (Å²) in [7, 11) is 1.27. The van der Waals surface area contributed by atoms with Crippen molar-refractivity contribution in [2.75, 3.05) is 65.2 Å². The van der Waals surface area contributed by atoms with Crippen molar-refractivity contribution in [2.24, 2.45) is 4.99 Å². The molecular formula is C46H48ClFN8O7. The predicted molar refractivity (Wildman–Crippen MR) is 235 cm³/mol. The van der Waals surface area contributed by atoms with Crippen LogP contribution in [-0.4, -0.2) is 137 Å². The Bertz CT molecular complexity index is 2510. The first-order valence-corrected chi connectivity index (χ1v) is 21.0. The van der Waals surface area contributed by atoms with E-state index < -0.39 is 29.8 Å². The lowest BCUT2D eigenvalue weighted by molar-refractivity contribution is -0.145. The van der Waals surface area contributed by atoms with Gasteiger partial charge in [-0.25, -0.2) is 13.9 Å². The molecule has 3 aliphatic heterocycles. The molecule has 0 radical (unpaired) electrons. The summed E-state index contributed by atoms with van der Waals surface area (Å²) in [6, 6.07) is 16.0. The molecule has 15 nitrogen and oxygen atoms in total. The second-order valence-corrected chi connectivity index (χ2v) is 15.8. The molecule has 17 heteroatoms. The molecule has 328 valence electrons. The number of carbonyl (C=O) groups is 5. The zero-order chi connectivity index (χ0) is 44.8. The number of nitrogens with zero attached hydrogens (tertiary/aromatic N) is 7. The Morgan fingerprint density at radius 2 is 1.79 bits per heavy atom. The largest absolute Gasteiger partial charge is 0.488 e. The van der Waals surface area contributed by atoms with Crippen LogP contribution in [0.3, 0.4) is 0 Å². The van der Waals surface area contributed by atoms with E-state index in [1.54, 1.807) is 43.2 Å². The fourth-order valence-electron chi connectivity index (χ4n) is 8.00. The molecule has 4 heterocycles. The molecule has 0 bridgehead atoms. The van der Waals surface area contributed by atoms with Gasteiger partial charge in [0.05, 0.1) is 42.7 Å². The summed E-state index contributed by atoms with van der Waals surface area (Å²) in [5, 5.41) is 4.36. The summed E-state index contributed by atoms with van der Waals surface area (Å²) in [6.45, 7) is 7.18. The van der Waals surface area contributed by atoms with Crippen molar-refractivity contribution in [3.63, 3.8) is 0 Å². The highest BCUT2D eigenvalue weighted by molar-refractivity contribution is 6.32. The Morgan fingerprint density at radius 1 is 1.02 bits per heavy atom. The average molecular weight is 879 g/mol. The predicted octanol–water partition coefficient (Wildman–Crippen LogP) is 4.96. The number of piperazine rings is 1. The van der Waals surface area contributed by atoms with E-state index in [2.05, 4.69) is 10.00 Å². The van der Waals surface area contributed by atoms with Gasteiger partial charge in [-0.3, -0.25) is 34.0 Å². The Labute approximate surface area is 369 Å². The van der Waals surface area contributed by atoms with Gasteiger partial charge in [-0.05, 0) is 61.4 Å². The number of hydrogen-bond acceptors (Lipinski definition) is 11. The number of likely N-dealkylation sites (tertiary alicyclic amines) is 1. The van der Waals surface area contributed by atoms with Crippen molar-refractivity contribution >= 4 is 53.1 Å². The van der Waals surface area contributed by atoms with Crippen LogP contribution in [0.5, 0.6) is 5.75 Å². The zero-order valence-electron chi connectivity index (χ0n) is 35.2. The van der Waals surface area contributed by atoms with Gasteiger partial charge < -0.3 is 25.0 Å². The van der Waals surface area contributed by atoms with Crippen LogP contribution in [0, 0.1) is 5.82 Å². The molecule has 63 heavy (non-hydrogen) atoms. The summed E-state index contributed by atoms with van der Waals surface area (Å²) >= 11 is 6.22. The van der Waals surface area contributed by atoms with Crippen molar-refractivity contribution < 1.29 is 37.8 Å². The number of hydrogen-bond donors (Lipinski definition) is 1. The standard InChI is InChI=1S/C46H48ClFN8O7/c1-4-7-35-29(2)43(58)54(45(35)60)16-14-42(57)53-20-18-52(19-21-53)17-15-50-26-37-36(10-6-11-39(37)49)30-8-5-9-33(22-30)63-34-24-41(46(61)62-3)55(28-34)44(59)31-25-51-56(27-31)40-13-12-32(48)23-38(40)47/h4-13,22-23,25-27,34,41H,14-21,24,28,49H2,1-3H3/b7-4-,50-26?. The number of anilines is 1. The number of aromatic nitrogens is 2. The Hall–Kier alpha value is -6.65. The Kier molecular flexibility index (Phi) is 13.8. The Balaban J connectivity index is 0.932. The molecule has 3 aliphatic rings. The molecule has 3 aromatic carbocycles. The van der Waals surface area contributed by atoms with Gasteiger partial charge in [0.15, 0.2) is 0 Å². The SMILES string of the molecule is C/C=C\C1=C(C)C(=O)N(CCC(=O)N2CCN(CCN=Cc3c(N)cccc3-c3cccc(OC4CC(C(=O)OC)N(C(=O)c5cnn(-c6ccc(F)cc6Cl)c5)C4)c3)CC2)C1=O. The van der Waals surface area contributed by atoms with Crippen LogP contribution in [0.15, 0.2) is 101 Å². The highest BCUT2D eigenvalue weighted by atomic mass is 35.5. The van der Waals surface area contributed by atoms with Crippen molar-refractivity contribution in [3.8, 4) is 22.6 Å². The second-order valence-electron chi connectivity index (χ2n) is 15.4. The summed E-state index contributed by atoms with van der Waals surface area (Å²) in [5.41, 5.74) is 10.8. The monoisotopic (exact) mass is 878 g/mol. The number of rotatable bonds is 14. The molecule has 2 fully saturated rings. The van der Waals surface area contributed by atoms with Gasteiger partial charge in [0.2, 0.25) is 5.91 Å². The fraction of sp³-hybridized carbons (Fsp3) is 0.326. The molecule has 4 amide bonds. The molecule has 0 aliphatic carbocycles. The van der Waals surface area contributed by atoms with Crippen molar-refractivity contribution in [1.29, 1.82) is 0 Å². The first-order valence-electron chi connectivity index (χ1n) is 20.6. The third-order valence-corrected chi connectivity index (χ3v) is 11.7. The van der Waals surface area contributed by atoms with Crippen LogP contribution < -0.4 is 10.5 Å². The van der Waals surface area contributed by atoms with Crippen LogP contribution in [0.2, 0.25) is 5.02 Å². The molecule has 1 aromatic heterocycles. The minimum Gasteiger partial charge on any atom is -0.488 e. The first-order chi connectivity index (χ1) is 30.4. The van der Waals surface area contributed by atoms with Gasteiger partial charge >= 0.3 is 5.97 Å². The number of amides is 4. The number of allylic oxidation sites excluding steroid dienone is 1. The molecule has 2 atom stereocenters. The third kappa shape index (κ3) is 9.87. The lowest BCUT2D eigenvalue weighted by atomic mass is 9.98. The molecule has 7 rings (SSSR count). The van der Waals surface area contributed by atoms with E-state index in [0.717, 1.165) is 27.7 Å². The number of carbonyl (C=O) groups excluding carboxylic acids is 5. The zero-order valence-corrected chi connectivity index (χ0v) is 36.0. The highest BCUT2D eigenvalue weighted by Crippen LogP contribution is 2.32. The van der Waals surface area contributed by atoms with E-state index in [0.29, 0.717) is 67.5 Å². The van der Waals surface area contributed by atoms with Crippen LogP contribution in [0.25, 0.3) is 16.8 Å². The maximum absolute atomic E-state index is 13.8. The van der Waals surface area contributed by atoms with Gasteiger partial charge in [-0.15, -0.1) is 0 Å². The number of aliphatic imine (C=N–C) groups is 1. The number of esters is 1. The number of ether oxygens (including phenoxy) is 2. The molecule has 2 N–H and O–H groups in total. The average Bonchev–Trinajstić information content (AvgIpc) is 3.99. The summed E-state index contributed by atoms with van der Waals surface area (Å²) < 4.78 is 26.5. The number of benzene rings is 3. The van der Waals surface area contributed by atoms with E-state index in [-0.39, 0.29) is 54.2 Å². The lowest BCUT2D eigenvalue weighted by Crippen LogP contribution is -2.49. The molecule has 0 saturated carbocycles. The molecule has 4 aromatic rings. The normalized spacial score (nSPS) is 18.4. The lowest BCUT2D eigenvalue weighted by Gasteiger charge is -2.34. The van der Waals surface area contributed by atoms with Crippen LogP contribution >= 0.6 is 11.6 Å². The van der Waals surface area contributed by atoms with Gasteiger partial charge in [-0.1, -0.05) is 48.0 Å². The van der Waals surface area contributed by atoms with Crippen molar-refractivity contribution in [2.45, 2.75) is 38.8 Å². The molecule has 2 saturated heterocycles. The highest BCUT2D eigenvalue weighted by Gasteiger charge is 2.42. The number of nitrogen functional groups attached to an aromatic ring is 1. The molecule has 2 unspecified atom stereocenters. The summed E-state index contributed by atoms with van der Waals surface area (Å²) in [5.74, 6) is -1.80. The van der Waals surface area contributed by atoms with E-state index in [1.165, 1.54) is 41.2 Å².